The highest BCUT2D eigenvalue weighted by Gasteiger charge is 2.30. The number of methoxy groups -OCH3 is 1. The number of carbonyl (C=O) groups is 1. The Bertz CT molecular complexity index is 488. The normalized spacial score (nSPS) is 23.5. The highest BCUT2D eigenvalue weighted by Crippen LogP contribution is 2.27. The van der Waals surface area contributed by atoms with Gasteiger partial charge in [0.05, 0.1) is 32.4 Å². The van der Waals surface area contributed by atoms with Crippen LogP contribution in [0.3, 0.4) is 0 Å². The van der Waals surface area contributed by atoms with Crippen LogP contribution in [0, 0.1) is 0 Å². The van der Waals surface area contributed by atoms with Gasteiger partial charge in [0.15, 0.2) is 5.13 Å². The number of hydrogen-bond donors (Lipinski definition) is 0. The van der Waals surface area contributed by atoms with Crippen molar-refractivity contribution in [1.82, 2.24) is 9.88 Å². The number of esters is 1. The minimum Gasteiger partial charge on any atom is -0.469 e. The monoisotopic (exact) mass is 311 g/mol. The summed E-state index contributed by atoms with van der Waals surface area (Å²) in [5.74, 6) is -0.237. The molecule has 0 N–H and O–H groups in total. The van der Waals surface area contributed by atoms with E-state index in [4.69, 9.17) is 4.74 Å². The fourth-order valence-electron chi connectivity index (χ4n) is 2.90. The third-order valence-electron chi connectivity index (χ3n) is 4.09. The van der Waals surface area contributed by atoms with Gasteiger partial charge in [-0.15, -0.1) is 11.3 Å². The standard InChI is InChI=1S/C14H21N3O3S/c1-19-13(18)8-11-10-21-14(15-11)17-3-2-12(9-17)16-4-6-20-7-5-16/h10,12H,2-9H2,1H3. The van der Waals surface area contributed by atoms with Crippen molar-refractivity contribution in [2.75, 3.05) is 51.4 Å². The van der Waals surface area contributed by atoms with Crippen molar-refractivity contribution >= 4 is 22.4 Å². The van der Waals surface area contributed by atoms with E-state index in [1.54, 1.807) is 11.3 Å². The molecule has 1 unspecified atom stereocenters. The average molecular weight is 311 g/mol. The summed E-state index contributed by atoms with van der Waals surface area (Å²) in [6, 6.07) is 0.599. The van der Waals surface area contributed by atoms with Crippen molar-refractivity contribution in [3.63, 3.8) is 0 Å². The van der Waals surface area contributed by atoms with Crippen LogP contribution < -0.4 is 4.90 Å². The summed E-state index contributed by atoms with van der Waals surface area (Å²) >= 11 is 1.61. The van der Waals surface area contributed by atoms with E-state index >= 15 is 0 Å². The van der Waals surface area contributed by atoms with Crippen LogP contribution in [0.1, 0.15) is 12.1 Å². The van der Waals surface area contributed by atoms with E-state index in [9.17, 15) is 4.79 Å². The molecule has 0 aromatic carbocycles. The number of nitrogens with zero attached hydrogens (tertiary/aromatic N) is 3. The molecule has 1 aromatic heterocycles. The van der Waals surface area contributed by atoms with Gasteiger partial charge in [-0.2, -0.15) is 0 Å². The van der Waals surface area contributed by atoms with Gasteiger partial charge in [0.2, 0.25) is 0 Å². The van der Waals surface area contributed by atoms with Gasteiger partial charge >= 0.3 is 5.97 Å². The number of hydrogen-bond acceptors (Lipinski definition) is 7. The molecule has 0 radical (unpaired) electrons. The van der Waals surface area contributed by atoms with Crippen molar-refractivity contribution < 1.29 is 14.3 Å². The van der Waals surface area contributed by atoms with Crippen molar-refractivity contribution in [2.45, 2.75) is 18.9 Å². The molecule has 0 aliphatic carbocycles. The Hall–Kier alpha value is -1.18. The molecule has 6 nitrogen and oxygen atoms in total. The van der Waals surface area contributed by atoms with E-state index in [-0.39, 0.29) is 12.4 Å². The third kappa shape index (κ3) is 3.53. The molecule has 2 aliphatic rings. The lowest BCUT2D eigenvalue weighted by atomic mass is 10.2. The first-order chi connectivity index (χ1) is 10.3. The molecule has 21 heavy (non-hydrogen) atoms. The molecule has 2 fully saturated rings. The highest BCUT2D eigenvalue weighted by atomic mass is 32.1. The maximum atomic E-state index is 11.3. The molecule has 1 aromatic rings. The molecule has 1 atom stereocenters. The maximum absolute atomic E-state index is 11.3. The summed E-state index contributed by atoms with van der Waals surface area (Å²) in [5.41, 5.74) is 0.802. The molecule has 2 aliphatic heterocycles. The van der Waals surface area contributed by atoms with Crippen LogP contribution in [0.25, 0.3) is 0 Å². The molecule has 0 saturated carbocycles. The van der Waals surface area contributed by atoms with Gasteiger partial charge < -0.3 is 14.4 Å². The van der Waals surface area contributed by atoms with E-state index in [2.05, 4.69) is 19.5 Å². The van der Waals surface area contributed by atoms with Gasteiger partial charge in [-0.05, 0) is 6.42 Å². The van der Waals surface area contributed by atoms with Crippen LogP contribution in [0.2, 0.25) is 0 Å². The van der Waals surface area contributed by atoms with Crippen LogP contribution in [0.15, 0.2) is 5.38 Å². The lowest BCUT2D eigenvalue weighted by Gasteiger charge is -2.32. The van der Waals surface area contributed by atoms with E-state index in [0.717, 1.165) is 50.2 Å². The summed E-state index contributed by atoms with van der Waals surface area (Å²) in [4.78, 5) is 20.7. The third-order valence-corrected chi connectivity index (χ3v) is 5.04. The first-order valence-corrected chi connectivity index (χ1v) is 8.22. The summed E-state index contributed by atoms with van der Waals surface area (Å²) in [7, 11) is 1.41. The largest absolute Gasteiger partial charge is 0.469 e. The zero-order valence-electron chi connectivity index (χ0n) is 12.3. The molecule has 3 rings (SSSR count). The van der Waals surface area contributed by atoms with Gasteiger partial charge in [-0.3, -0.25) is 9.69 Å². The minimum atomic E-state index is -0.237. The second-order valence-electron chi connectivity index (χ2n) is 5.41. The molecule has 0 amide bonds. The first kappa shape index (κ1) is 14.7. The van der Waals surface area contributed by atoms with E-state index in [1.807, 2.05) is 5.38 Å². The second kappa shape index (κ2) is 6.72. The number of rotatable bonds is 4. The zero-order chi connectivity index (χ0) is 14.7. The molecule has 0 spiro atoms. The number of carbonyl (C=O) groups excluding carboxylic acids is 1. The predicted molar refractivity (Wildman–Crippen MR) is 80.8 cm³/mol. The van der Waals surface area contributed by atoms with Crippen LogP contribution >= 0.6 is 11.3 Å². The first-order valence-electron chi connectivity index (χ1n) is 7.34. The van der Waals surface area contributed by atoms with Crippen molar-refractivity contribution in [3.05, 3.63) is 11.1 Å². The lowest BCUT2D eigenvalue weighted by molar-refractivity contribution is -0.139. The number of aromatic nitrogens is 1. The number of ether oxygens (including phenoxy) is 2. The summed E-state index contributed by atoms with van der Waals surface area (Å²) in [5, 5.41) is 2.97. The molecule has 7 heteroatoms. The second-order valence-corrected chi connectivity index (χ2v) is 6.25. The van der Waals surface area contributed by atoms with Gasteiger partial charge in [-0.1, -0.05) is 0 Å². The van der Waals surface area contributed by atoms with Crippen molar-refractivity contribution in [2.24, 2.45) is 0 Å². The minimum absolute atomic E-state index is 0.237. The Morgan fingerprint density at radius 3 is 3.05 bits per heavy atom. The van der Waals surface area contributed by atoms with Crippen LogP contribution in [-0.2, 0) is 20.7 Å². The Kier molecular flexibility index (Phi) is 4.72. The van der Waals surface area contributed by atoms with Crippen LogP contribution in [0.4, 0.5) is 5.13 Å². The van der Waals surface area contributed by atoms with Crippen LogP contribution in [-0.4, -0.2) is 68.4 Å². The lowest BCUT2D eigenvalue weighted by Crippen LogP contribution is -2.44. The van der Waals surface area contributed by atoms with E-state index in [0.29, 0.717) is 6.04 Å². The summed E-state index contributed by atoms with van der Waals surface area (Å²) < 4.78 is 10.1. The van der Waals surface area contributed by atoms with Gasteiger partial charge in [0.1, 0.15) is 0 Å². The smallest absolute Gasteiger partial charge is 0.311 e. The SMILES string of the molecule is COC(=O)Cc1csc(N2CCC(N3CCOCC3)C2)n1. The topological polar surface area (TPSA) is 54.9 Å². The van der Waals surface area contributed by atoms with Crippen molar-refractivity contribution in [3.8, 4) is 0 Å². The fraction of sp³-hybridized carbons (Fsp3) is 0.714. The summed E-state index contributed by atoms with van der Waals surface area (Å²) in [6.07, 6.45) is 1.43. The Morgan fingerprint density at radius 2 is 2.29 bits per heavy atom. The number of anilines is 1. The van der Waals surface area contributed by atoms with Crippen molar-refractivity contribution in [1.29, 1.82) is 0 Å². The molecule has 2 saturated heterocycles. The number of morpholine rings is 1. The number of thiazole rings is 1. The Morgan fingerprint density at radius 1 is 1.48 bits per heavy atom. The molecular formula is C14H21N3O3S. The predicted octanol–water partition coefficient (Wildman–Crippen LogP) is 0.769. The molecule has 3 heterocycles. The highest BCUT2D eigenvalue weighted by molar-refractivity contribution is 7.13. The molecule has 0 bridgehead atoms. The average Bonchev–Trinajstić information content (AvgIpc) is 3.17. The Balaban J connectivity index is 1.57. The van der Waals surface area contributed by atoms with Crippen LogP contribution in [0.5, 0.6) is 0 Å². The van der Waals surface area contributed by atoms with Gasteiger partial charge in [0, 0.05) is 37.6 Å². The Labute approximate surface area is 128 Å². The molecular weight excluding hydrogens is 290 g/mol. The van der Waals surface area contributed by atoms with E-state index < -0.39 is 0 Å². The fourth-order valence-corrected chi connectivity index (χ4v) is 3.76. The maximum Gasteiger partial charge on any atom is 0.311 e. The molecule has 116 valence electrons. The van der Waals surface area contributed by atoms with Gasteiger partial charge in [0.25, 0.3) is 0 Å². The van der Waals surface area contributed by atoms with Gasteiger partial charge in [-0.25, -0.2) is 4.98 Å². The van der Waals surface area contributed by atoms with E-state index in [1.165, 1.54) is 13.5 Å². The summed E-state index contributed by atoms with van der Waals surface area (Å²) in [6.45, 7) is 5.81. The quantitative estimate of drug-likeness (QED) is 0.766. The zero-order valence-corrected chi connectivity index (χ0v) is 13.1.